The minimum Gasteiger partial charge on any atom is -0.330 e. The minimum absolute atomic E-state index is 0.113. The molecule has 0 saturated carbocycles. The van der Waals surface area contributed by atoms with Crippen LogP contribution in [0.5, 0.6) is 0 Å². The molecule has 32 heavy (non-hydrogen) atoms. The molecule has 0 aliphatic heterocycles. The van der Waals surface area contributed by atoms with E-state index in [0.717, 1.165) is 11.1 Å². The fourth-order valence-electron chi connectivity index (χ4n) is 3.39. The van der Waals surface area contributed by atoms with Crippen molar-refractivity contribution in [2.75, 3.05) is 0 Å². The Hall–Kier alpha value is -3.26. The molecule has 0 N–H and O–H groups in total. The van der Waals surface area contributed by atoms with Crippen molar-refractivity contribution in [1.29, 1.82) is 0 Å². The molecule has 158 valence electrons. The summed E-state index contributed by atoms with van der Waals surface area (Å²) in [5.41, 5.74) is 1.83. The van der Waals surface area contributed by atoms with Crippen LogP contribution in [0.3, 0.4) is 0 Å². The molecule has 5 aromatic rings. The molecule has 0 radical (unpaired) electrons. The lowest BCUT2D eigenvalue weighted by Gasteiger charge is -2.09. The maximum Gasteiger partial charge on any atom is 0.299 e. The third-order valence-electron chi connectivity index (χ3n) is 4.86. The molecule has 0 saturated heterocycles. The summed E-state index contributed by atoms with van der Waals surface area (Å²) in [5, 5.41) is 5.75. The first-order valence-corrected chi connectivity index (χ1v) is 10.5. The Morgan fingerprint density at radius 2 is 1.75 bits per heavy atom. The summed E-state index contributed by atoms with van der Waals surface area (Å²) in [5.74, 6) is -0.341. The van der Waals surface area contributed by atoms with Gasteiger partial charge in [-0.1, -0.05) is 64.2 Å². The van der Waals surface area contributed by atoms with Crippen molar-refractivity contribution in [1.82, 2.24) is 24.7 Å². The van der Waals surface area contributed by atoms with Crippen LogP contribution < -0.4 is 0 Å². The van der Waals surface area contributed by atoms with Gasteiger partial charge >= 0.3 is 0 Å². The number of aromatic nitrogens is 5. The fourth-order valence-corrected chi connectivity index (χ4v) is 4.20. The number of ketones is 1. The molecular weight excluding hydrogens is 473 g/mol. The number of benzene rings is 2. The lowest BCUT2D eigenvalue weighted by atomic mass is 10.1. The van der Waals surface area contributed by atoms with E-state index in [1.54, 1.807) is 35.2 Å². The maximum absolute atomic E-state index is 13.3. The molecule has 2 aromatic carbocycles. The van der Waals surface area contributed by atoms with Gasteiger partial charge in [-0.25, -0.2) is 9.97 Å². The Morgan fingerprint density at radius 1 is 0.969 bits per heavy atom. The summed E-state index contributed by atoms with van der Waals surface area (Å²) in [6.07, 6.45) is 3.10. The van der Waals surface area contributed by atoms with E-state index in [4.69, 9.17) is 39.3 Å². The van der Waals surface area contributed by atoms with Gasteiger partial charge in [-0.2, -0.15) is 4.98 Å². The molecule has 0 unspecified atom stereocenters. The van der Waals surface area contributed by atoms with Crippen molar-refractivity contribution in [3.05, 3.63) is 93.1 Å². The predicted molar refractivity (Wildman–Crippen MR) is 121 cm³/mol. The van der Waals surface area contributed by atoms with Gasteiger partial charge in [0.2, 0.25) is 11.6 Å². The van der Waals surface area contributed by atoms with E-state index in [2.05, 4.69) is 20.1 Å². The largest absolute Gasteiger partial charge is 0.330 e. The summed E-state index contributed by atoms with van der Waals surface area (Å²) >= 11 is 19.1. The third-order valence-corrected chi connectivity index (χ3v) is 5.84. The molecule has 5 rings (SSSR count). The quantitative estimate of drug-likeness (QED) is 0.296. The average Bonchev–Trinajstić information content (AvgIpc) is 3.40. The Labute approximate surface area is 196 Å². The van der Waals surface area contributed by atoms with E-state index in [9.17, 15) is 4.79 Å². The van der Waals surface area contributed by atoms with Crippen LogP contribution in [0.15, 0.2) is 65.4 Å². The van der Waals surface area contributed by atoms with Crippen LogP contribution in [0.2, 0.25) is 15.2 Å². The number of hydrogen-bond donors (Lipinski definition) is 0. The lowest BCUT2D eigenvalue weighted by molar-refractivity contribution is 0.0995. The lowest BCUT2D eigenvalue weighted by Crippen LogP contribution is -2.04. The van der Waals surface area contributed by atoms with Crippen LogP contribution in [0.1, 0.15) is 21.8 Å². The summed E-state index contributed by atoms with van der Waals surface area (Å²) in [7, 11) is 0. The van der Waals surface area contributed by atoms with Gasteiger partial charge in [0.05, 0.1) is 17.6 Å². The van der Waals surface area contributed by atoms with E-state index >= 15 is 0 Å². The SMILES string of the molecule is O=C(c1nc(-c2ncccn2)no1)c1c(Cl)n(Cc2ccc(Cl)cc2Cl)c2ccccc12. The second-order valence-electron chi connectivity index (χ2n) is 6.83. The minimum atomic E-state index is -0.498. The first-order valence-electron chi connectivity index (χ1n) is 9.39. The topological polar surface area (TPSA) is 86.7 Å². The number of rotatable bonds is 5. The van der Waals surface area contributed by atoms with Gasteiger partial charge in [0.1, 0.15) is 5.15 Å². The molecule has 0 amide bonds. The van der Waals surface area contributed by atoms with Crippen molar-refractivity contribution in [2.45, 2.75) is 6.54 Å². The van der Waals surface area contributed by atoms with Crippen LogP contribution in [0.25, 0.3) is 22.6 Å². The molecule has 0 atom stereocenters. The van der Waals surface area contributed by atoms with Crippen molar-refractivity contribution < 1.29 is 9.32 Å². The van der Waals surface area contributed by atoms with Crippen molar-refractivity contribution >= 4 is 51.5 Å². The fraction of sp³-hybridized carbons (Fsp3) is 0.0455. The molecule has 3 aromatic heterocycles. The summed E-state index contributed by atoms with van der Waals surface area (Å²) < 4.78 is 7.01. The number of hydrogen-bond acceptors (Lipinski definition) is 6. The Kier molecular flexibility index (Phi) is 5.38. The molecular formula is C22H12Cl3N5O2. The van der Waals surface area contributed by atoms with Crippen LogP contribution in [-0.2, 0) is 6.54 Å². The van der Waals surface area contributed by atoms with E-state index in [-0.39, 0.29) is 28.3 Å². The highest BCUT2D eigenvalue weighted by Crippen LogP contribution is 2.34. The molecule has 7 nitrogen and oxygen atoms in total. The number of para-hydroxylation sites is 1. The second kappa shape index (κ2) is 8.35. The summed E-state index contributed by atoms with van der Waals surface area (Å²) in [6.45, 7) is 0.343. The van der Waals surface area contributed by atoms with Crippen LogP contribution in [0, 0.1) is 0 Å². The standard InChI is InChI=1S/C22H12Cl3N5O2/c23-13-7-6-12(15(24)10-13)11-30-16-5-2-1-4-14(16)17(19(30)25)18(31)22-28-21(29-32-22)20-26-8-3-9-27-20/h1-10H,11H2. The molecule has 0 fully saturated rings. The number of fused-ring (bicyclic) bond motifs is 1. The first-order chi connectivity index (χ1) is 15.5. The van der Waals surface area contributed by atoms with Gasteiger partial charge in [0.15, 0.2) is 0 Å². The van der Waals surface area contributed by atoms with Crippen molar-refractivity contribution in [2.24, 2.45) is 0 Å². The van der Waals surface area contributed by atoms with Crippen molar-refractivity contribution in [3.63, 3.8) is 0 Å². The highest BCUT2D eigenvalue weighted by Gasteiger charge is 2.27. The molecule has 0 aliphatic carbocycles. The van der Waals surface area contributed by atoms with Gasteiger partial charge in [-0.3, -0.25) is 4.79 Å². The molecule has 3 heterocycles. The van der Waals surface area contributed by atoms with Gasteiger partial charge in [0, 0.05) is 27.8 Å². The van der Waals surface area contributed by atoms with Gasteiger partial charge in [-0.05, 0) is 29.8 Å². The normalized spacial score (nSPS) is 11.2. The van der Waals surface area contributed by atoms with Crippen LogP contribution in [-0.4, -0.2) is 30.5 Å². The van der Waals surface area contributed by atoms with E-state index in [0.29, 0.717) is 22.0 Å². The zero-order chi connectivity index (χ0) is 22.2. The van der Waals surface area contributed by atoms with Crippen LogP contribution in [0.4, 0.5) is 0 Å². The van der Waals surface area contributed by atoms with Gasteiger partial charge in [-0.15, -0.1) is 0 Å². The van der Waals surface area contributed by atoms with Gasteiger partial charge in [0.25, 0.3) is 11.7 Å². The Bertz CT molecular complexity index is 1460. The summed E-state index contributed by atoms with van der Waals surface area (Å²) in [4.78, 5) is 25.6. The number of carbonyl (C=O) groups excluding carboxylic acids is 1. The molecule has 0 aliphatic rings. The Balaban J connectivity index is 1.58. The van der Waals surface area contributed by atoms with E-state index in [1.807, 2.05) is 30.3 Å². The molecule has 0 spiro atoms. The molecule has 10 heteroatoms. The second-order valence-corrected chi connectivity index (χ2v) is 8.03. The Morgan fingerprint density at radius 3 is 2.53 bits per heavy atom. The molecule has 0 bridgehead atoms. The van der Waals surface area contributed by atoms with E-state index < -0.39 is 5.78 Å². The number of carbonyl (C=O) groups is 1. The van der Waals surface area contributed by atoms with E-state index in [1.165, 1.54) is 0 Å². The zero-order valence-electron chi connectivity index (χ0n) is 16.2. The monoisotopic (exact) mass is 483 g/mol. The highest BCUT2D eigenvalue weighted by molar-refractivity contribution is 6.37. The summed E-state index contributed by atoms with van der Waals surface area (Å²) in [6, 6.07) is 14.3. The average molecular weight is 485 g/mol. The zero-order valence-corrected chi connectivity index (χ0v) is 18.4. The third kappa shape index (κ3) is 3.64. The highest BCUT2D eigenvalue weighted by atomic mass is 35.5. The predicted octanol–water partition coefficient (Wildman–Crippen LogP) is 5.72. The number of halogens is 3. The first kappa shape index (κ1) is 20.6. The van der Waals surface area contributed by atoms with Gasteiger partial charge < -0.3 is 9.09 Å². The number of nitrogens with zero attached hydrogens (tertiary/aromatic N) is 5. The van der Waals surface area contributed by atoms with Crippen molar-refractivity contribution in [3.8, 4) is 11.6 Å². The smallest absolute Gasteiger partial charge is 0.299 e. The van der Waals surface area contributed by atoms with Crippen LogP contribution >= 0.6 is 34.8 Å². The maximum atomic E-state index is 13.3.